The van der Waals surface area contributed by atoms with E-state index in [9.17, 15) is 4.79 Å². The first-order chi connectivity index (χ1) is 5.38. The summed E-state index contributed by atoms with van der Waals surface area (Å²) in [5, 5.41) is 5.68. The van der Waals surface area contributed by atoms with E-state index >= 15 is 0 Å². The fourth-order valence-corrected chi connectivity index (χ4v) is 1.12. The summed E-state index contributed by atoms with van der Waals surface area (Å²) in [6.07, 6.45) is 1.86. The van der Waals surface area contributed by atoms with Crippen LogP contribution < -0.4 is 10.6 Å². The van der Waals surface area contributed by atoms with Crippen LogP contribution in [-0.2, 0) is 4.79 Å². The van der Waals surface area contributed by atoms with Crippen molar-refractivity contribution in [1.29, 1.82) is 0 Å². The maximum atomic E-state index is 11.1. The molecule has 0 bridgehead atoms. The standard InChI is InChI=1S/C8H12N2OS/c1-8(2,3)4-5-6(11)10-7(12)9-5/h4H,1-3H3,(H2,9,10,11,12)/b5-4-. The molecule has 0 unspecified atom stereocenters. The van der Waals surface area contributed by atoms with Crippen LogP contribution >= 0.6 is 12.2 Å². The van der Waals surface area contributed by atoms with Crippen LogP contribution in [0.15, 0.2) is 11.8 Å². The lowest BCUT2D eigenvalue weighted by molar-refractivity contribution is -0.115. The maximum Gasteiger partial charge on any atom is 0.273 e. The summed E-state index contributed by atoms with van der Waals surface area (Å²) < 4.78 is 0. The topological polar surface area (TPSA) is 41.1 Å². The largest absolute Gasteiger partial charge is 0.328 e. The molecule has 1 amide bonds. The highest BCUT2D eigenvalue weighted by molar-refractivity contribution is 7.80. The van der Waals surface area contributed by atoms with Crippen molar-refractivity contribution in [3.8, 4) is 0 Å². The van der Waals surface area contributed by atoms with Crippen LogP contribution in [0.1, 0.15) is 20.8 Å². The highest BCUT2D eigenvalue weighted by atomic mass is 32.1. The Morgan fingerprint density at radius 2 is 1.92 bits per heavy atom. The van der Waals surface area contributed by atoms with Crippen molar-refractivity contribution in [1.82, 2.24) is 10.6 Å². The third-order valence-corrected chi connectivity index (χ3v) is 1.50. The van der Waals surface area contributed by atoms with Crippen LogP contribution in [0.3, 0.4) is 0 Å². The second kappa shape index (κ2) is 2.86. The average molecular weight is 184 g/mol. The van der Waals surface area contributed by atoms with E-state index in [2.05, 4.69) is 10.6 Å². The van der Waals surface area contributed by atoms with Gasteiger partial charge in [-0.3, -0.25) is 10.1 Å². The van der Waals surface area contributed by atoms with Gasteiger partial charge in [-0.1, -0.05) is 20.8 Å². The van der Waals surface area contributed by atoms with Crippen LogP contribution in [0.4, 0.5) is 0 Å². The van der Waals surface area contributed by atoms with Gasteiger partial charge in [0.25, 0.3) is 5.91 Å². The van der Waals surface area contributed by atoms with E-state index in [1.54, 1.807) is 0 Å². The molecule has 0 aromatic heterocycles. The smallest absolute Gasteiger partial charge is 0.273 e. The van der Waals surface area contributed by atoms with Gasteiger partial charge in [-0.05, 0) is 23.7 Å². The third-order valence-electron chi connectivity index (χ3n) is 1.30. The molecule has 0 atom stereocenters. The van der Waals surface area contributed by atoms with Gasteiger partial charge in [0.1, 0.15) is 5.70 Å². The molecule has 1 fully saturated rings. The number of nitrogens with one attached hydrogen (secondary N) is 2. The quantitative estimate of drug-likeness (QED) is 0.434. The molecule has 66 valence electrons. The number of carbonyl (C=O) groups excluding carboxylic acids is 1. The molecule has 1 rings (SSSR count). The molecule has 2 N–H and O–H groups in total. The molecule has 0 radical (unpaired) electrons. The van der Waals surface area contributed by atoms with Crippen LogP contribution in [0.5, 0.6) is 0 Å². The highest BCUT2D eigenvalue weighted by Gasteiger charge is 2.22. The van der Waals surface area contributed by atoms with E-state index in [0.29, 0.717) is 10.8 Å². The third kappa shape index (κ3) is 2.30. The minimum Gasteiger partial charge on any atom is -0.328 e. The summed E-state index contributed by atoms with van der Waals surface area (Å²) in [6.45, 7) is 6.07. The van der Waals surface area contributed by atoms with Crippen molar-refractivity contribution < 1.29 is 4.79 Å². The van der Waals surface area contributed by atoms with E-state index in [-0.39, 0.29) is 11.3 Å². The number of carbonyl (C=O) groups is 1. The van der Waals surface area contributed by atoms with Gasteiger partial charge in [0.05, 0.1) is 0 Å². The lowest BCUT2D eigenvalue weighted by atomic mass is 9.95. The molecule has 0 saturated carbocycles. The Balaban J connectivity index is 2.84. The zero-order valence-electron chi connectivity index (χ0n) is 7.39. The minimum atomic E-state index is -0.144. The molecule has 1 heterocycles. The summed E-state index contributed by atoms with van der Waals surface area (Å²) in [5.41, 5.74) is 0.534. The molecule has 0 aliphatic carbocycles. The molecule has 1 aliphatic rings. The van der Waals surface area contributed by atoms with E-state index in [0.717, 1.165) is 0 Å². The van der Waals surface area contributed by atoms with Crippen molar-refractivity contribution >= 4 is 23.2 Å². The summed E-state index contributed by atoms with van der Waals surface area (Å²) in [6, 6.07) is 0. The van der Waals surface area contributed by atoms with Crippen LogP contribution in [0.25, 0.3) is 0 Å². The molecule has 0 aromatic carbocycles. The van der Waals surface area contributed by atoms with Crippen LogP contribution in [0.2, 0.25) is 0 Å². The van der Waals surface area contributed by atoms with E-state index in [1.165, 1.54) is 0 Å². The Morgan fingerprint density at radius 3 is 2.25 bits per heavy atom. The zero-order valence-corrected chi connectivity index (χ0v) is 8.21. The van der Waals surface area contributed by atoms with Gasteiger partial charge in [-0.15, -0.1) is 0 Å². The van der Waals surface area contributed by atoms with Gasteiger partial charge in [0, 0.05) is 0 Å². The van der Waals surface area contributed by atoms with Crippen molar-refractivity contribution in [2.24, 2.45) is 5.41 Å². The summed E-state index contributed by atoms with van der Waals surface area (Å²) in [5.74, 6) is -0.144. The van der Waals surface area contributed by atoms with Crippen molar-refractivity contribution in [3.63, 3.8) is 0 Å². The van der Waals surface area contributed by atoms with Gasteiger partial charge in [-0.25, -0.2) is 0 Å². The van der Waals surface area contributed by atoms with Crippen LogP contribution in [0, 0.1) is 5.41 Å². The number of thiocarbonyl (C=S) groups is 1. The number of hydrogen-bond acceptors (Lipinski definition) is 2. The average Bonchev–Trinajstić information content (AvgIpc) is 2.06. The molecular weight excluding hydrogens is 172 g/mol. The first kappa shape index (κ1) is 9.19. The molecular formula is C8H12N2OS. The van der Waals surface area contributed by atoms with Crippen molar-refractivity contribution in [2.75, 3.05) is 0 Å². The lowest BCUT2D eigenvalue weighted by Crippen LogP contribution is -2.21. The van der Waals surface area contributed by atoms with E-state index in [1.807, 2.05) is 26.8 Å². The van der Waals surface area contributed by atoms with Crippen molar-refractivity contribution in [2.45, 2.75) is 20.8 Å². The molecule has 4 heteroatoms. The predicted octanol–water partition coefficient (Wildman–Crippen LogP) is 0.921. The first-order valence-electron chi connectivity index (χ1n) is 3.74. The van der Waals surface area contributed by atoms with Gasteiger partial charge >= 0.3 is 0 Å². The lowest BCUT2D eigenvalue weighted by Gasteiger charge is -2.12. The van der Waals surface area contributed by atoms with Gasteiger partial charge in [0.2, 0.25) is 0 Å². The fourth-order valence-electron chi connectivity index (χ4n) is 0.915. The van der Waals surface area contributed by atoms with Crippen molar-refractivity contribution in [3.05, 3.63) is 11.8 Å². The van der Waals surface area contributed by atoms with Crippen LogP contribution in [-0.4, -0.2) is 11.0 Å². The minimum absolute atomic E-state index is 0.0143. The first-order valence-corrected chi connectivity index (χ1v) is 4.14. The fraction of sp³-hybridized carbons (Fsp3) is 0.500. The number of amides is 1. The second-order valence-electron chi connectivity index (χ2n) is 3.83. The summed E-state index contributed by atoms with van der Waals surface area (Å²) in [7, 11) is 0. The molecule has 0 spiro atoms. The zero-order chi connectivity index (χ0) is 9.35. The summed E-state index contributed by atoms with van der Waals surface area (Å²) in [4.78, 5) is 11.1. The molecule has 0 aromatic rings. The SMILES string of the molecule is CC(C)(C)/C=C1\NC(=S)NC1=O. The number of hydrogen-bond donors (Lipinski definition) is 2. The predicted molar refractivity (Wildman–Crippen MR) is 51.4 cm³/mol. The van der Waals surface area contributed by atoms with Gasteiger partial charge in [-0.2, -0.15) is 0 Å². The Morgan fingerprint density at radius 1 is 1.33 bits per heavy atom. The monoisotopic (exact) mass is 184 g/mol. The summed E-state index contributed by atoms with van der Waals surface area (Å²) >= 11 is 4.78. The molecule has 12 heavy (non-hydrogen) atoms. The Hall–Kier alpha value is -0.900. The maximum absolute atomic E-state index is 11.1. The highest BCUT2D eigenvalue weighted by Crippen LogP contribution is 2.17. The molecule has 1 aliphatic heterocycles. The van der Waals surface area contributed by atoms with Gasteiger partial charge in [0.15, 0.2) is 5.11 Å². The normalized spacial score (nSPS) is 21.1. The number of allylic oxidation sites excluding steroid dienone is 1. The Bertz CT molecular complexity index is 263. The Kier molecular flexibility index (Phi) is 2.19. The second-order valence-corrected chi connectivity index (χ2v) is 4.24. The van der Waals surface area contributed by atoms with E-state index < -0.39 is 0 Å². The molecule has 1 saturated heterocycles. The van der Waals surface area contributed by atoms with Gasteiger partial charge < -0.3 is 5.32 Å². The number of rotatable bonds is 0. The Labute approximate surface area is 77.2 Å². The van der Waals surface area contributed by atoms with E-state index in [4.69, 9.17) is 12.2 Å². The molecule has 3 nitrogen and oxygen atoms in total.